The Hall–Kier alpha value is -2.01. The molecule has 96 valence electrons. The molecule has 4 N–H and O–H groups in total. The second-order valence-electron chi connectivity index (χ2n) is 4.17. The van der Waals surface area contributed by atoms with E-state index in [9.17, 15) is 0 Å². The first-order chi connectivity index (χ1) is 8.61. The quantitative estimate of drug-likeness (QED) is 0.811. The summed E-state index contributed by atoms with van der Waals surface area (Å²) in [5.41, 5.74) is 13.2. The number of hydrogen-bond donors (Lipinski definition) is 2. The number of aromatic nitrogens is 2. The molecule has 0 amide bonds. The summed E-state index contributed by atoms with van der Waals surface area (Å²) in [7, 11) is 0. The second kappa shape index (κ2) is 5.10. The highest BCUT2D eigenvalue weighted by Gasteiger charge is 2.13. The summed E-state index contributed by atoms with van der Waals surface area (Å²) < 4.78 is 7.68. The number of benzene rings is 1. The fraction of sp³-hybridized carbons (Fsp3) is 0.308. The van der Waals surface area contributed by atoms with E-state index in [0.717, 1.165) is 12.2 Å². The number of nitrogens with zero attached hydrogens (tertiary/aromatic N) is 2. The van der Waals surface area contributed by atoms with E-state index >= 15 is 0 Å². The van der Waals surface area contributed by atoms with Crippen molar-refractivity contribution in [2.45, 2.75) is 26.4 Å². The summed E-state index contributed by atoms with van der Waals surface area (Å²) in [6, 6.07) is 7.73. The molecule has 1 heterocycles. The van der Waals surface area contributed by atoms with Crippen molar-refractivity contribution < 1.29 is 4.74 Å². The molecule has 0 fully saturated rings. The summed E-state index contributed by atoms with van der Waals surface area (Å²) in [6.07, 6.45) is 1.75. The van der Waals surface area contributed by atoms with Gasteiger partial charge in [0, 0.05) is 24.3 Å². The van der Waals surface area contributed by atoms with Gasteiger partial charge in [0.25, 0.3) is 0 Å². The lowest BCUT2D eigenvalue weighted by atomic mass is 10.3. The highest BCUT2D eigenvalue weighted by Crippen LogP contribution is 2.24. The largest absolute Gasteiger partial charge is 0.425 e. The average Bonchev–Trinajstić information content (AvgIpc) is 2.72. The molecule has 1 unspecified atom stereocenters. The molecule has 0 aliphatic carbocycles. The van der Waals surface area contributed by atoms with E-state index in [4.69, 9.17) is 16.2 Å². The lowest BCUT2D eigenvalue weighted by Gasteiger charge is -2.12. The first-order valence-electron chi connectivity index (χ1n) is 5.96. The van der Waals surface area contributed by atoms with E-state index in [1.54, 1.807) is 12.3 Å². The Labute approximate surface area is 106 Å². The Kier molecular flexibility index (Phi) is 3.53. The zero-order valence-electron chi connectivity index (χ0n) is 10.6. The van der Waals surface area contributed by atoms with E-state index < -0.39 is 0 Å². The molecule has 0 spiro atoms. The lowest BCUT2D eigenvalue weighted by Crippen LogP contribution is -2.12. The third-order valence-corrected chi connectivity index (χ3v) is 2.70. The van der Waals surface area contributed by atoms with Crippen LogP contribution < -0.4 is 16.2 Å². The number of ether oxygens (including phenoxy) is 1. The molecule has 0 bridgehead atoms. The molecule has 0 aliphatic rings. The van der Waals surface area contributed by atoms with Gasteiger partial charge < -0.3 is 16.2 Å². The third-order valence-electron chi connectivity index (χ3n) is 2.70. The van der Waals surface area contributed by atoms with Crippen molar-refractivity contribution in [3.05, 3.63) is 36.2 Å². The van der Waals surface area contributed by atoms with Gasteiger partial charge in [0.2, 0.25) is 0 Å². The van der Waals surface area contributed by atoms with Crippen LogP contribution in [-0.4, -0.2) is 9.55 Å². The first kappa shape index (κ1) is 12.4. The van der Waals surface area contributed by atoms with Crippen molar-refractivity contribution >= 4 is 5.69 Å². The third kappa shape index (κ3) is 2.46. The van der Waals surface area contributed by atoms with E-state index in [0.29, 0.717) is 17.4 Å². The van der Waals surface area contributed by atoms with Gasteiger partial charge in [-0.1, -0.05) is 6.07 Å². The van der Waals surface area contributed by atoms with Gasteiger partial charge in [0.1, 0.15) is 5.75 Å². The summed E-state index contributed by atoms with van der Waals surface area (Å²) in [6.45, 7) is 4.71. The van der Waals surface area contributed by atoms with Crippen LogP contribution in [0.4, 0.5) is 5.69 Å². The summed E-state index contributed by atoms with van der Waals surface area (Å²) in [4.78, 5) is 4.25. The maximum absolute atomic E-state index is 5.88. The smallest absolute Gasteiger partial charge is 0.302 e. The van der Waals surface area contributed by atoms with Crippen molar-refractivity contribution in [2.24, 2.45) is 5.73 Å². The maximum Gasteiger partial charge on any atom is 0.302 e. The molecule has 0 aliphatic heterocycles. The van der Waals surface area contributed by atoms with Crippen LogP contribution in [0.5, 0.6) is 11.8 Å². The molecule has 5 nitrogen and oxygen atoms in total. The predicted molar refractivity (Wildman–Crippen MR) is 71.4 cm³/mol. The van der Waals surface area contributed by atoms with Crippen molar-refractivity contribution in [1.82, 2.24) is 9.55 Å². The summed E-state index contributed by atoms with van der Waals surface area (Å²) in [5.74, 6) is 0.673. The molecule has 18 heavy (non-hydrogen) atoms. The van der Waals surface area contributed by atoms with Crippen molar-refractivity contribution in [3.63, 3.8) is 0 Å². The van der Waals surface area contributed by atoms with Gasteiger partial charge in [-0.25, -0.2) is 4.98 Å². The number of rotatable bonds is 4. The molecule has 0 saturated carbocycles. The standard InChI is InChI=1S/C13H18N4O/c1-3-17-12(9(2)14)8-16-13(17)18-11-6-4-5-10(15)7-11/h4-9H,3,14-15H2,1-2H3. The Morgan fingerprint density at radius 1 is 1.44 bits per heavy atom. The number of nitrogen functional groups attached to an aromatic ring is 1. The first-order valence-corrected chi connectivity index (χ1v) is 5.96. The number of hydrogen-bond acceptors (Lipinski definition) is 4. The number of anilines is 1. The van der Waals surface area contributed by atoms with Gasteiger partial charge in [0.15, 0.2) is 0 Å². The highest BCUT2D eigenvalue weighted by molar-refractivity contribution is 5.44. The normalized spacial score (nSPS) is 12.4. The van der Waals surface area contributed by atoms with Gasteiger partial charge in [-0.3, -0.25) is 4.57 Å². The maximum atomic E-state index is 5.88. The van der Waals surface area contributed by atoms with E-state index in [1.165, 1.54) is 0 Å². The van der Waals surface area contributed by atoms with E-state index in [1.807, 2.05) is 36.6 Å². The van der Waals surface area contributed by atoms with E-state index in [-0.39, 0.29) is 6.04 Å². The van der Waals surface area contributed by atoms with E-state index in [2.05, 4.69) is 4.98 Å². The zero-order valence-corrected chi connectivity index (χ0v) is 10.6. The highest BCUT2D eigenvalue weighted by atomic mass is 16.5. The average molecular weight is 246 g/mol. The Bertz CT molecular complexity index is 534. The Morgan fingerprint density at radius 2 is 2.22 bits per heavy atom. The van der Waals surface area contributed by atoms with Crippen LogP contribution in [-0.2, 0) is 6.54 Å². The zero-order chi connectivity index (χ0) is 13.1. The van der Waals surface area contributed by atoms with Gasteiger partial charge in [0.05, 0.1) is 11.9 Å². The molecular formula is C13H18N4O. The fourth-order valence-corrected chi connectivity index (χ4v) is 1.82. The van der Waals surface area contributed by atoms with Crippen LogP contribution in [0.15, 0.2) is 30.5 Å². The summed E-state index contributed by atoms with van der Waals surface area (Å²) >= 11 is 0. The minimum Gasteiger partial charge on any atom is -0.425 e. The molecule has 0 saturated heterocycles. The molecule has 1 aromatic carbocycles. The van der Waals surface area contributed by atoms with Gasteiger partial charge >= 0.3 is 6.01 Å². The minimum atomic E-state index is -0.0735. The lowest BCUT2D eigenvalue weighted by molar-refractivity contribution is 0.410. The predicted octanol–water partition coefficient (Wildman–Crippen LogP) is 2.30. The Balaban J connectivity index is 2.29. The number of imidazole rings is 1. The molecule has 1 atom stereocenters. The van der Waals surface area contributed by atoms with Gasteiger partial charge in [-0.2, -0.15) is 0 Å². The molecule has 2 aromatic rings. The van der Waals surface area contributed by atoms with Crippen LogP contribution >= 0.6 is 0 Å². The monoisotopic (exact) mass is 246 g/mol. The topological polar surface area (TPSA) is 79.1 Å². The minimum absolute atomic E-state index is 0.0735. The number of nitrogens with two attached hydrogens (primary N) is 2. The fourth-order valence-electron chi connectivity index (χ4n) is 1.82. The second-order valence-corrected chi connectivity index (χ2v) is 4.17. The van der Waals surface area contributed by atoms with Crippen LogP contribution in [0.3, 0.4) is 0 Å². The molecule has 2 rings (SSSR count). The van der Waals surface area contributed by atoms with Gasteiger partial charge in [-0.05, 0) is 26.0 Å². The SMILES string of the molecule is CCn1c(C(C)N)cnc1Oc1cccc(N)c1. The van der Waals surface area contributed by atoms with Crippen molar-refractivity contribution in [2.75, 3.05) is 5.73 Å². The molecule has 1 aromatic heterocycles. The molecular weight excluding hydrogens is 228 g/mol. The Morgan fingerprint density at radius 3 is 2.83 bits per heavy atom. The summed E-state index contributed by atoms with van der Waals surface area (Å²) in [5, 5.41) is 0. The van der Waals surface area contributed by atoms with Crippen LogP contribution in [0.2, 0.25) is 0 Å². The molecule has 0 radical (unpaired) electrons. The van der Waals surface area contributed by atoms with Gasteiger partial charge in [-0.15, -0.1) is 0 Å². The van der Waals surface area contributed by atoms with Crippen LogP contribution in [0, 0.1) is 0 Å². The van der Waals surface area contributed by atoms with Crippen LogP contribution in [0.1, 0.15) is 25.6 Å². The van der Waals surface area contributed by atoms with Crippen LogP contribution in [0.25, 0.3) is 0 Å². The molecule has 5 heteroatoms. The van der Waals surface area contributed by atoms with Crippen molar-refractivity contribution in [3.8, 4) is 11.8 Å². The van der Waals surface area contributed by atoms with Crippen molar-refractivity contribution in [1.29, 1.82) is 0 Å².